The normalized spacial score (nSPS) is 25.0. The summed E-state index contributed by atoms with van der Waals surface area (Å²) in [5, 5.41) is 3.59. The highest BCUT2D eigenvalue weighted by Crippen LogP contribution is 2.21. The van der Waals surface area contributed by atoms with Crippen LogP contribution < -0.4 is 5.32 Å². The van der Waals surface area contributed by atoms with Crippen molar-refractivity contribution in [2.24, 2.45) is 5.41 Å². The topological polar surface area (TPSA) is 15.3 Å². The molecule has 1 N–H and O–H groups in total. The van der Waals surface area contributed by atoms with E-state index in [2.05, 4.69) is 44.5 Å². The van der Waals surface area contributed by atoms with Crippen LogP contribution in [0.1, 0.15) is 27.7 Å². The van der Waals surface area contributed by atoms with Gasteiger partial charge in [-0.2, -0.15) is 0 Å². The second-order valence-corrected chi connectivity index (χ2v) is 5.56. The Kier molecular flexibility index (Phi) is 3.73. The molecule has 0 radical (unpaired) electrons. The summed E-state index contributed by atoms with van der Waals surface area (Å²) in [7, 11) is 0. The monoisotopic (exact) mass is 196 g/mol. The van der Waals surface area contributed by atoms with Crippen molar-refractivity contribution in [1.29, 1.82) is 0 Å². The molecule has 0 amide bonds. The van der Waals surface area contributed by atoms with Gasteiger partial charge in [-0.3, -0.25) is 4.90 Å². The minimum absolute atomic E-state index is 0.355. The van der Waals surface area contributed by atoms with Crippen molar-refractivity contribution in [2.75, 3.05) is 26.2 Å². The maximum absolute atomic E-state index is 3.97. The maximum Gasteiger partial charge on any atom is 0.0244 e. The van der Waals surface area contributed by atoms with Gasteiger partial charge in [0, 0.05) is 32.2 Å². The second kappa shape index (κ2) is 4.45. The van der Waals surface area contributed by atoms with Crippen LogP contribution in [0.15, 0.2) is 12.2 Å². The fourth-order valence-corrected chi connectivity index (χ4v) is 1.92. The van der Waals surface area contributed by atoms with E-state index >= 15 is 0 Å². The van der Waals surface area contributed by atoms with Crippen LogP contribution in [0, 0.1) is 5.41 Å². The Hall–Kier alpha value is -0.340. The van der Waals surface area contributed by atoms with Crippen molar-refractivity contribution in [1.82, 2.24) is 10.2 Å². The van der Waals surface area contributed by atoms with Gasteiger partial charge in [0.1, 0.15) is 0 Å². The van der Waals surface area contributed by atoms with Gasteiger partial charge in [0.25, 0.3) is 0 Å². The zero-order valence-corrected chi connectivity index (χ0v) is 10.1. The molecule has 0 bridgehead atoms. The van der Waals surface area contributed by atoms with Crippen LogP contribution >= 0.6 is 0 Å². The summed E-state index contributed by atoms with van der Waals surface area (Å²) in [6.45, 7) is 17.4. The van der Waals surface area contributed by atoms with Crippen molar-refractivity contribution < 1.29 is 0 Å². The lowest BCUT2D eigenvalue weighted by Crippen LogP contribution is -2.55. The third-order valence-electron chi connectivity index (χ3n) is 2.80. The molecule has 1 atom stereocenters. The van der Waals surface area contributed by atoms with E-state index in [9.17, 15) is 0 Å². The van der Waals surface area contributed by atoms with Gasteiger partial charge in [-0.25, -0.2) is 0 Å². The van der Waals surface area contributed by atoms with Crippen LogP contribution in [0.4, 0.5) is 0 Å². The Labute approximate surface area is 88.4 Å². The molecule has 0 aromatic heterocycles. The summed E-state index contributed by atoms with van der Waals surface area (Å²) in [6.07, 6.45) is 0. The molecular formula is C12H24N2. The number of nitrogens with zero attached hydrogens (tertiary/aromatic N) is 1. The smallest absolute Gasteiger partial charge is 0.0244 e. The first-order chi connectivity index (χ1) is 6.39. The first-order valence-electron chi connectivity index (χ1n) is 5.49. The molecule has 1 heterocycles. The predicted octanol–water partition coefficient (Wildman–Crippen LogP) is 1.88. The Morgan fingerprint density at radius 2 is 2.14 bits per heavy atom. The molecule has 1 saturated heterocycles. The van der Waals surface area contributed by atoms with Gasteiger partial charge < -0.3 is 5.32 Å². The highest BCUT2D eigenvalue weighted by molar-refractivity contribution is 4.95. The molecule has 1 aliphatic heterocycles. The molecule has 0 aliphatic carbocycles. The van der Waals surface area contributed by atoms with E-state index < -0.39 is 0 Å². The summed E-state index contributed by atoms with van der Waals surface area (Å²) >= 11 is 0. The number of piperazine rings is 1. The van der Waals surface area contributed by atoms with Gasteiger partial charge in [-0.05, 0) is 12.3 Å². The molecule has 1 rings (SSSR count). The molecule has 0 aromatic rings. The molecule has 2 heteroatoms. The zero-order chi connectivity index (χ0) is 10.8. The Balaban J connectivity index is 2.48. The molecule has 0 saturated carbocycles. The minimum atomic E-state index is 0.355. The summed E-state index contributed by atoms with van der Waals surface area (Å²) in [5.74, 6) is 0. The van der Waals surface area contributed by atoms with Crippen molar-refractivity contribution in [3.8, 4) is 0 Å². The second-order valence-electron chi connectivity index (χ2n) is 5.56. The van der Waals surface area contributed by atoms with Crippen LogP contribution in [0.25, 0.3) is 0 Å². The fourth-order valence-electron chi connectivity index (χ4n) is 1.92. The summed E-state index contributed by atoms with van der Waals surface area (Å²) < 4.78 is 0. The average Bonchev–Trinajstić information content (AvgIpc) is 2.01. The highest BCUT2D eigenvalue weighted by atomic mass is 15.2. The van der Waals surface area contributed by atoms with Crippen LogP contribution in [-0.4, -0.2) is 37.1 Å². The largest absolute Gasteiger partial charge is 0.311 e. The van der Waals surface area contributed by atoms with E-state index in [0.717, 1.165) is 26.2 Å². The maximum atomic E-state index is 3.97. The fraction of sp³-hybridized carbons (Fsp3) is 0.833. The van der Waals surface area contributed by atoms with Crippen molar-refractivity contribution >= 4 is 0 Å². The van der Waals surface area contributed by atoms with Gasteiger partial charge in [0.2, 0.25) is 0 Å². The third kappa shape index (κ3) is 3.43. The van der Waals surface area contributed by atoms with E-state index in [1.807, 2.05) is 0 Å². The van der Waals surface area contributed by atoms with Gasteiger partial charge >= 0.3 is 0 Å². The van der Waals surface area contributed by atoms with Gasteiger partial charge in [-0.1, -0.05) is 32.9 Å². The van der Waals surface area contributed by atoms with Gasteiger partial charge in [0.05, 0.1) is 0 Å². The number of nitrogens with one attached hydrogen (secondary N) is 1. The summed E-state index contributed by atoms with van der Waals surface area (Å²) in [4.78, 5) is 2.49. The van der Waals surface area contributed by atoms with Crippen molar-refractivity contribution in [3.05, 3.63) is 12.2 Å². The molecule has 1 unspecified atom stereocenters. The average molecular weight is 196 g/mol. The quantitative estimate of drug-likeness (QED) is 0.678. The molecule has 0 spiro atoms. The van der Waals surface area contributed by atoms with Gasteiger partial charge in [0.15, 0.2) is 0 Å². The van der Waals surface area contributed by atoms with Crippen molar-refractivity contribution in [2.45, 2.75) is 33.7 Å². The number of hydrogen-bond donors (Lipinski definition) is 1. The SMILES string of the molecule is C=C(C)CN1CCNC(C(C)(C)C)C1. The molecule has 0 aromatic carbocycles. The number of rotatable bonds is 2. The van der Waals surface area contributed by atoms with E-state index in [0.29, 0.717) is 11.5 Å². The lowest BCUT2D eigenvalue weighted by molar-refractivity contribution is 0.142. The molecule has 1 aliphatic rings. The van der Waals surface area contributed by atoms with Crippen LogP contribution in [0.2, 0.25) is 0 Å². The zero-order valence-electron chi connectivity index (χ0n) is 10.1. The predicted molar refractivity (Wildman–Crippen MR) is 62.5 cm³/mol. The highest BCUT2D eigenvalue weighted by Gasteiger charge is 2.28. The summed E-state index contributed by atoms with van der Waals surface area (Å²) in [6, 6.07) is 0.607. The summed E-state index contributed by atoms with van der Waals surface area (Å²) in [5.41, 5.74) is 1.62. The molecule has 14 heavy (non-hydrogen) atoms. The van der Waals surface area contributed by atoms with Crippen LogP contribution in [-0.2, 0) is 0 Å². The Morgan fingerprint density at radius 3 is 2.64 bits per heavy atom. The van der Waals surface area contributed by atoms with E-state index in [-0.39, 0.29) is 0 Å². The van der Waals surface area contributed by atoms with E-state index in [4.69, 9.17) is 0 Å². The van der Waals surface area contributed by atoms with Crippen LogP contribution in [0.5, 0.6) is 0 Å². The third-order valence-corrected chi connectivity index (χ3v) is 2.80. The Bertz CT molecular complexity index is 203. The number of hydrogen-bond acceptors (Lipinski definition) is 2. The van der Waals surface area contributed by atoms with Crippen molar-refractivity contribution in [3.63, 3.8) is 0 Å². The van der Waals surface area contributed by atoms with E-state index in [1.165, 1.54) is 5.57 Å². The molecule has 1 fully saturated rings. The lowest BCUT2D eigenvalue weighted by Gasteiger charge is -2.40. The van der Waals surface area contributed by atoms with Gasteiger partial charge in [-0.15, -0.1) is 0 Å². The first-order valence-corrected chi connectivity index (χ1v) is 5.49. The first kappa shape index (κ1) is 11.7. The molecule has 82 valence electrons. The minimum Gasteiger partial charge on any atom is -0.311 e. The molecular weight excluding hydrogens is 172 g/mol. The van der Waals surface area contributed by atoms with Crippen LogP contribution in [0.3, 0.4) is 0 Å². The van der Waals surface area contributed by atoms with E-state index in [1.54, 1.807) is 0 Å². The Morgan fingerprint density at radius 1 is 1.50 bits per heavy atom. The standard InChI is InChI=1S/C12H24N2/c1-10(2)8-14-7-6-13-11(9-14)12(3,4)5/h11,13H,1,6-9H2,2-5H3. The lowest BCUT2D eigenvalue weighted by atomic mass is 9.85. The molecule has 2 nitrogen and oxygen atoms in total.